The summed E-state index contributed by atoms with van der Waals surface area (Å²) in [5.41, 5.74) is 7.12. The quantitative estimate of drug-likeness (QED) is 0.381. The van der Waals surface area contributed by atoms with Crippen LogP contribution < -0.4 is 10.1 Å². The van der Waals surface area contributed by atoms with Crippen molar-refractivity contribution in [2.75, 3.05) is 20.2 Å². The molecule has 6 heteroatoms. The molecule has 1 aromatic carbocycles. The van der Waals surface area contributed by atoms with Gasteiger partial charge in [-0.3, -0.25) is 9.97 Å². The molecule has 0 amide bonds. The van der Waals surface area contributed by atoms with Crippen LogP contribution in [0.25, 0.3) is 44.3 Å². The van der Waals surface area contributed by atoms with Gasteiger partial charge in [0.15, 0.2) is 0 Å². The van der Waals surface area contributed by atoms with E-state index in [4.69, 9.17) is 4.74 Å². The van der Waals surface area contributed by atoms with E-state index >= 15 is 0 Å². The van der Waals surface area contributed by atoms with Crippen molar-refractivity contribution < 1.29 is 4.74 Å². The van der Waals surface area contributed by atoms with Crippen LogP contribution >= 0.6 is 0 Å². The molecular formula is C23H21N5O. The van der Waals surface area contributed by atoms with Gasteiger partial charge in [-0.1, -0.05) is 12.1 Å². The van der Waals surface area contributed by atoms with Crippen molar-refractivity contribution in [2.45, 2.75) is 0 Å². The average molecular weight is 383 g/mol. The lowest BCUT2D eigenvalue weighted by atomic mass is 9.99. The Morgan fingerprint density at radius 2 is 2.03 bits per heavy atom. The highest BCUT2D eigenvalue weighted by molar-refractivity contribution is 6.03. The predicted molar refractivity (Wildman–Crippen MR) is 116 cm³/mol. The van der Waals surface area contributed by atoms with E-state index in [1.807, 2.05) is 37.6 Å². The zero-order valence-electron chi connectivity index (χ0n) is 16.1. The van der Waals surface area contributed by atoms with Gasteiger partial charge in [0.2, 0.25) is 0 Å². The number of nitrogens with one attached hydrogen (secondary N) is 3. The Balaban J connectivity index is 1.72. The van der Waals surface area contributed by atoms with Crippen LogP contribution in [-0.4, -0.2) is 40.1 Å². The van der Waals surface area contributed by atoms with E-state index in [9.17, 15) is 0 Å². The van der Waals surface area contributed by atoms with Crippen molar-refractivity contribution in [1.29, 1.82) is 0 Å². The van der Waals surface area contributed by atoms with Crippen molar-refractivity contribution in [1.82, 2.24) is 25.3 Å². The Kier molecular flexibility index (Phi) is 4.46. The Bertz CT molecular complexity index is 1290. The standard InChI is InChI=1S/C23H21N5O/c1-24-11-12-29-20-14-25-9-7-17(20)22-21(23-18(28-22)3-2-8-27-23)16-5-4-15-6-10-26-19(15)13-16/h2-10,13-14,24,26,28H,11-12H2,1H3. The third-order valence-corrected chi connectivity index (χ3v) is 5.06. The summed E-state index contributed by atoms with van der Waals surface area (Å²) in [6, 6.07) is 14.5. The maximum absolute atomic E-state index is 6.01. The van der Waals surface area contributed by atoms with Crippen LogP contribution in [0.5, 0.6) is 5.75 Å². The summed E-state index contributed by atoms with van der Waals surface area (Å²) < 4.78 is 6.01. The van der Waals surface area contributed by atoms with Crippen molar-refractivity contribution in [3.63, 3.8) is 0 Å². The zero-order chi connectivity index (χ0) is 19.6. The molecule has 0 aliphatic heterocycles. The van der Waals surface area contributed by atoms with E-state index in [2.05, 4.69) is 49.5 Å². The van der Waals surface area contributed by atoms with Crippen molar-refractivity contribution >= 4 is 21.9 Å². The third-order valence-electron chi connectivity index (χ3n) is 5.06. The number of benzene rings is 1. The van der Waals surface area contributed by atoms with Crippen molar-refractivity contribution in [3.05, 3.63) is 67.3 Å². The molecule has 0 fully saturated rings. The molecule has 5 aromatic rings. The summed E-state index contributed by atoms with van der Waals surface area (Å²) in [7, 11) is 1.91. The number of ether oxygens (including phenoxy) is 1. The molecule has 0 atom stereocenters. The fourth-order valence-corrected chi connectivity index (χ4v) is 3.67. The summed E-state index contributed by atoms with van der Waals surface area (Å²) in [6.07, 6.45) is 7.34. The van der Waals surface area contributed by atoms with Gasteiger partial charge < -0.3 is 20.0 Å². The molecule has 0 saturated heterocycles. The summed E-state index contributed by atoms with van der Waals surface area (Å²) in [5.74, 6) is 0.747. The van der Waals surface area contributed by atoms with E-state index in [0.29, 0.717) is 6.61 Å². The lowest BCUT2D eigenvalue weighted by molar-refractivity contribution is 0.318. The van der Waals surface area contributed by atoms with E-state index < -0.39 is 0 Å². The van der Waals surface area contributed by atoms with Gasteiger partial charge >= 0.3 is 0 Å². The number of rotatable bonds is 6. The number of H-pyrrole nitrogens is 2. The number of fused-ring (bicyclic) bond motifs is 2. The van der Waals surface area contributed by atoms with Crippen molar-refractivity contribution in [3.8, 4) is 28.1 Å². The first kappa shape index (κ1) is 17.5. The van der Waals surface area contributed by atoms with E-state index in [-0.39, 0.29) is 0 Å². The molecule has 4 heterocycles. The Hall–Kier alpha value is -3.64. The highest BCUT2D eigenvalue weighted by Gasteiger charge is 2.19. The first-order valence-electron chi connectivity index (χ1n) is 9.61. The molecule has 0 saturated carbocycles. The minimum atomic E-state index is 0.567. The maximum Gasteiger partial charge on any atom is 0.146 e. The van der Waals surface area contributed by atoms with Gasteiger partial charge in [-0.25, -0.2) is 0 Å². The fraction of sp³-hybridized carbons (Fsp3) is 0.130. The lowest BCUT2D eigenvalue weighted by Crippen LogP contribution is -2.16. The number of hydrogen-bond donors (Lipinski definition) is 3. The van der Waals surface area contributed by atoms with Crippen LogP contribution in [0, 0.1) is 0 Å². The number of hydrogen-bond acceptors (Lipinski definition) is 4. The molecule has 0 spiro atoms. The summed E-state index contributed by atoms with van der Waals surface area (Å²) in [4.78, 5) is 15.8. The second-order valence-electron chi connectivity index (χ2n) is 6.88. The Morgan fingerprint density at radius 1 is 1.07 bits per heavy atom. The van der Waals surface area contributed by atoms with Crippen LogP contribution in [0.4, 0.5) is 0 Å². The Labute approximate surface area is 168 Å². The molecule has 29 heavy (non-hydrogen) atoms. The Morgan fingerprint density at radius 3 is 2.97 bits per heavy atom. The van der Waals surface area contributed by atoms with Crippen LogP contribution in [-0.2, 0) is 0 Å². The lowest BCUT2D eigenvalue weighted by Gasteiger charge is -2.12. The average Bonchev–Trinajstić information content (AvgIpc) is 3.38. The molecule has 3 N–H and O–H groups in total. The minimum Gasteiger partial charge on any atom is -0.490 e. The molecule has 6 nitrogen and oxygen atoms in total. The molecule has 5 rings (SSSR count). The van der Waals surface area contributed by atoms with Gasteiger partial charge in [0.05, 0.1) is 22.9 Å². The molecule has 0 aliphatic carbocycles. The summed E-state index contributed by atoms with van der Waals surface area (Å²) in [6.45, 7) is 1.33. The molecule has 0 bridgehead atoms. The second-order valence-corrected chi connectivity index (χ2v) is 6.88. The summed E-state index contributed by atoms with van der Waals surface area (Å²) >= 11 is 0. The van der Waals surface area contributed by atoms with E-state index in [0.717, 1.165) is 51.2 Å². The topological polar surface area (TPSA) is 78.6 Å². The third kappa shape index (κ3) is 3.13. The molecule has 144 valence electrons. The molecule has 0 aliphatic rings. The number of aromatic amines is 2. The van der Waals surface area contributed by atoms with Gasteiger partial charge in [-0.15, -0.1) is 0 Å². The summed E-state index contributed by atoms with van der Waals surface area (Å²) in [5, 5.41) is 4.29. The highest BCUT2D eigenvalue weighted by Crippen LogP contribution is 2.41. The van der Waals surface area contributed by atoms with E-state index in [1.165, 1.54) is 5.39 Å². The molecule has 4 aromatic heterocycles. The minimum absolute atomic E-state index is 0.567. The number of aromatic nitrogens is 4. The smallest absolute Gasteiger partial charge is 0.146 e. The van der Waals surface area contributed by atoms with Gasteiger partial charge in [-0.2, -0.15) is 0 Å². The van der Waals surface area contributed by atoms with Crippen LogP contribution in [0.15, 0.2) is 67.3 Å². The zero-order valence-corrected chi connectivity index (χ0v) is 16.1. The van der Waals surface area contributed by atoms with E-state index in [1.54, 1.807) is 12.4 Å². The first-order valence-corrected chi connectivity index (χ1v) is 9.61. The van der Waals surface area contributed by atoms with Crippen molar-refractivity contribution in [2.24, 2.45) is 0 Å². The monoisotopic (exact) mass is 383 g/mol. The predicted octanol–water partition coefficient (Wildman–Crippen LogP) is 4.37. The normalized spacial score (nSPS) is 11.3. The van der Waals surface area contributed by atoms with Crippen LogP contribution in [0.2, 0.25) is 0 Å². The van der Waals surface area contributed by atoms with Gasteiger partial charge in [0.25, 0.3) is 0 Å². The molecular weight excluding hydrogens is 362 g/mol. The van der Waals surface area contributed by atoms with Crippen LogP contribution in [0.3, 0.4) is 0 Å². The van der Waals surface area contributed by atoms with Gasteiger partial charge in [-0.05, 0) is 48.3 Å². The maximum atomic E-state index is 6.01. The SMILES string of the molecule is CNCCOc1cnccc1-c1[nH]c2cccnc2c1-c1ccc2cc[nH]c2c1. The number of nitrogens with zero attached hydrogens (tertiary/aromatic N) is 2. The fourth-order valence-electron chi connectivity index (χ4n) is 3.67. The largest absolute Gasteiger partial charge is 0.490 e. The highest BCUT2D eigenvalue weighted by atomic mass is 16.5. The molecule has 0 radical (unpaired) electrons. The second kappa shape index (κ2) is 7.41. The van der Waals surface area contributed by atoms with Gasteiger partial charge in [0, 0.05) is 41.8 Å². The molecule has 0 unspecified atom stereocenters. The van der Waals surface area contributed by atoms with Gasteiger partial charge in [0.1, 0.15) is 12.4 Å². The first-order chi connectivity index (χ1) is 14.3. The number of likely N-dealkylation sites (N-methyl/N-ethyl adjacent to an activating group) is 1. The van der Waals surface area contributed by atoms with Crippen LogP contribution in [0.1, 0.15) is 0 Å². The number of pyridine rings is 2.